The summed E-state index contributed by atoms with van der Waals surface area (Å²) in [6.07, 6.45) is -0.573. The second-order valence-electron chi connectivity index (χ2n) is 2.13. The highest BCUT2D eigenvalue weighted by Crippen LogP contribution is 1.83. The smallest absolute Gasteiger partial charge is 0.151 e. The lowest BCUT2D eigenvalue weighted by Crippen LogP contribution is -2.08. The predicted octanol–water partition coefficient (Wildman–Crippen LogP) is -0.543. The van der Waals surface area contributed by atoms with Crippen molar-refractivity contribution in [3.8, 4) is 0 Å². The van der Waals surface area contributed by atoms with Crippen LogP contribution in [0.5, 0.6) is 0 Å². The summed E-state index contributed by atoms with van der Waals surface area (Å²) in [6.45, 7) is 3.40. The van der Waals surface area contributed by atoms with Gasteiger partial charge in [-0.25, -0.2) is 0 Å². The first-order valence-electron chi connectivity index (χ1n) is 3.73. The van der Waals surface area contributed by atoms with Crippen LogP contribution in [-0.2, 0) is 0 Å². The molecule has 0 rings (SSSR count). The molecule has 0 fully saturated rings. The molecule has 0 heterocycles. The van der Waals surface area contributed by atoms with E-state index in [-0.39, 0.29) is 6.61 Å². The van der Waals surface area contributed by atoms with E-state index in [0.29, 0.717) is 12.8 Å². The lowest BCUT2D eigenvalue weighted by Gasteiger charge is -1.97. The van der Waals surface area contributed by atoms with Gasteiger partial charge in [-0.2, -0.15) is 0 Å². The Kier molecular flexibility index (Phi) is 12.0. The average Bonchev–Trinajstić information content (AvgIpc) is 2.04. The fourth-order valence-corrected chi connectivity index (χ4v) is 0.129. The Morgan fingerprint density at radius 2 is 1.36 bits per heavy atom. The van der Waals surface area contributed by atoms with Gasteiger partial charge in [-0.05, 0) is 12.8 Å². The summed E-state index contributed by atoms with van der Waals surface area (Å²) >= 11 is 0. The van der Waals surface area contributed by atoms with Crippen molar-refractivity contribution in [3.63, 3.8) is 0 Å². The topological polar surface area (TPSA) is 80.9 Å². The molecule has 4 nitrogen and oxygen atoms in total. The van der Waals surface area contributed by atoms with Gasteiger partial charge in [0, 0.05) is 0 Å². The third-order valence-corrected chi connectivity index (χ3v) is 1.05. The summed E-state index contributed by atoms with van der Waals surface area (Å²) in [4.78, 5) is 0. The largest absolute Gasteiger partial charge is 0.394 e. The molecule has 0 aliphatic rings. The Hall–Kier alpha value is -0.160. The fraction of sp³-hybridized carbons (Fsp3) is 1.00. The molecule has 4 N–H and O–H groups in total. The van der Waals surface area contributed by atoms with Gasteiger partial charge >= 0.3 is 0 Å². The van der Waals surface area contributed by atoms with Crippen molar-refractivity contribution in [3.05, 3.63) is 0 Å². The zero-order valence-electron chi connectivity index (χ0n) is 7.06. The number of aliphatic hydroxyl groups is 4. The predicted molar refractivity (Wildman–Crippen MR) is 41.9 cm³/mol. The van der Waals surface area contributed by atoms with Gasteiger partial charge in [0.15, 0.2) is 6.29 Å². The summed E-state index contributed by atoms with van der Waals surface area (Å²) < 4.78 is 0. The Morgan fingerprint density at radius 1 is 1.00 bits per heavy atom. The zero-order valence-corrected chi connectivity index (χ0v) is 7.06. The molecule has 11 heavy (non-hydrogen) atoms. The molecule has 4 heteroatoms. The van der Waals surface area contributed by atoms with Crippen molar-refractivity contribution in [2.75, 3.05) is 6.61 Å². The van der Waals surface area contributed by atoms with E-state index in [1.165, 1.54) is 0 Å². The fourth-order valence-electron chi connectivity index (χ4n) is 0.129. The highest BCUT2D eigenvalue weighted by Gasteiger charge is 1.92. The molecule has 0 aliphatic carbocycles. The summed E-state index contributed by atoms with van der Waals surface area (Å²) in [5.41, 5.74) is 0. The van der Waals surface area contributed by atoms with Crippen LogP contribution in [0.3, 0.4) is 0 Å². The van der Waals surface area contributed by atoms with Gasteiger partial charge < -0.3 is 20.4 Å². The third-order valence-electron chi connectivity index (χ3n) is 1.05. The van der Waals surface area contributed by atoms with Crippen LogP contribution in [0.1, 0.15) is 26.7 Å². The average molecular weight is 166 g/mol. The molecule has 0 radical (unpaired) electrons. The second kappa shape index (κ2) is 9.84. The molecule has 0 amide bonds. The summed E-state index contributed by atoms with van der Waals surface area (Å²) in [5, 5.41) is 32.3. The molecule has 70 valence electrons. The summed E-state index contributed by atoms with van der Waals surface area (Å²) in [7, 11) is 0. The minimum absolute atomic E-state index is 0.115. The van der Waals surface area contributed by atoms with Gasteiger partial charge in [-0.1, -0.05) is 13.8 Å². The van der Waals surface area contributed by atoms with Crippen molar-refractivity contribution >= 4 is 0 Å². The second-order valence-corrected chi connectivity index (χ2v) is 2.13. The number of hydrogen-bond donors (Lipinski definition) is 4. The summed E-state index contributed by atoms with van der Waals surface area (Å²) in [6, 6.07) is 0. The number of hydrogen-bond acceptors (Lipinski definition) is 4. The molecular weight excluding hydrogens is 148 g/mol. The van der Waals surface area contributed by atoms with Crippen LogP contribution < -0.4 is 0 Å². The number of aliphatic hydroxyl groups excluding tert-OH is 3. The molecule has 0 aromatic carbocycles. The van der Waals surface area contributed by atoms with Crippen molar-refractivity contribution in [2.24, 2.45) is 0 Å². The monoisotopic (exact) mass is 166 g/mol. The van der Waals surface area contributed by atoms with Crippen LogP contribution in [-0.4, -0.2) is 39.4 Å². The maximum Gasteiger partial charge on any atom is 0.151 e. The van der Waals surface area contributed by atoms with E-state index in [9.17, 15) is 0 Å². The molecule has 0 saturated carbocycles. The molecule has 0 bridgehead atoms. The molecule has 0 aliphatic heterocycles. The van der Waals surface area contributed by atoms with Crippen molar-refractivity contribution in [2.45, 2.75) is 39.1 Å². The highest BCUT2D eigenvalue weighted by molar-refractivity contribution is 4.43. The minimum atomic E-state index is -1.12. The first-order chi connectivity index (χ1) is 5.08. The van der Waals surface area contributed by atoms with E-state index in [2.05, 4.69) is 0 Å². The van der Waals surface area contributed by atoms with Gasteiger partial charge in [0.25, 0.3) is 0 Å². The zero-order chi connectivity index (χ0) is 9.28. The molecular formula is C7H18O4. The Bertz CT molecular complexity index is 61.5. The third kappa shape index (κ3) is 17.7. The first kappa shape index (κ1) is 13.4. The highest BCUT2D eigenvalue weighted by atomic mass is 16.5. The van der Waals surface area contributed by atoms with Crippen molar-refractivity contribution in [1.82, 2.24) is 0 Å². The van der Waals surface area contributed by atoms with Crippen LogP contribution in [0.25, 0.3) is 0 Å². The molecule has 0 aromatic heterocycles. The quantitative estimate of drug-likeness (QED) is 0.424. The van der Waals surface area contributed by atoms with Crippen LogP contribution in [0.2, 0.25) is 0 Å². The Morgan fingerprint density at radius 3 is 1.36 bits per heavy atom. The van der Waals surface area contributed by atoms with Crippen LogP contribution in [0.15, 0.2) is 0 Å². The minimum Gasteiger partial charge on any atom is -0.394 e. The maximum absolute atomic E-state index is 8.42. The first-order valence-corrected chi connectivity index (χ1v) is 3.73. The van der Waals surface area contributed by atoms with Gasteiger partial charge in [0.1, 0.15) is 0 Å². The molecule has 1 atom stereocenters. The molecule has 0 saturated heterocycles. The molecule has 1 unspecified atom stereocenters. The van der Waals surface area contributed by atoms with E-state index in [1.807, 2.05) is 6.92 Å². The lowest BCUT2D eigenvalue weighted by molar-refractivity contribution is -0.0413. The standard InChI is InChI=1S/C4H10O2.C3H8O2/c1-2-4(6)3-5;1-2-3(4)5/h4-6H,2-3H2,1H3;3-5H,2H2,1H3. The van der Waals surface area contributed by atoms with E-state index >= 15 is 0 Å². The van der Waals surface area contributed by atoms with Crippen LogP contribution >= 0.6 is 0 Å². The van der Waals surface area contributed by atoms with Crippen molar-refractivity contribution < 1.29 is 20.4 Å². The van der Waals surface area contributed by atoms with E-state index < -0.39 is 12.4 Å². The Labute approximate surface area is 67.1 Å². The number of rotatable bonds is 3. The molecule has 0 aromatic rings. The SMILES string of the molecule is CCC(O)CO.CCC(O)O. The van der Waals surface area contributed by atoms with Crippen LogP contribution in [0.4, 0.5) is 0 Å². The van der Waals surface area contributed by atoms with Gasteiger partial charge in [0.05, 0.1) is 12.7 Å². The summed E-state index contributed by atoms with van der Waals surface area (Å²) in [5.74, 6) is 0. The molecule has 0 spiro atoms. The van der Waals surface area contributed by atoms with Gasteiger partial charge in [-0.15, -0.1) is 0 Å². The van der Waals surface area contributed by atoms with E-state index in [1.54, 1.807) is 6.92 Å². The maximum atomic E-state index is 8.42. The normalized spacial score (nSPS) is 12.3. The van der Waals surface area contributed by atoms with E-state index in [0.717, 1.165) is 0 Å². The lowest BCUT2D eigenvalue weighted by atomic mass is 10.3. The van der Waals surface area contributed by atoms with Crippen molar-refractivity contribution in [1.29, 1.82) is 0 Å². The van der Waals surface area contributed by atoms with Gasteiger partial charge in [-0.3, -0.25) is 0 Å². The van der Waals surface area contributed by atoms with Crippen LogP contribution in [0, 0.1) is 0 Å². The van der Waals surface area contributed by atoms with Gasteiger partial charge in [0.2, 0.25) is 0 Å². The Balaban J connectivity index is 0. The van der Waals surface area contributed by atoms with E-state index in [4.69, 9.17) is 20.4 Å².